The van der Waals surface area contributed by atoms with Crippen LogP contribution in [0.2, 0.25) is 0 Å². The molecule has 2 aromatic heterocycles. The van der Waals surface area contributed by atoms with Gasteiger partial charge in [-0.1, -0.05) is 133 Å². The molecule has 55 heavy (non-hydrogen) atoms. The van der Waals surface area contributed by atoms with Crippen LogP contribution in [0.15, 0.2) is 211 Å². The van der Waals surface area contributed by atoms with Gasteiger partial charge in [-0.25, -0.2) is 0 Å². The van der Waals surface area contributed by atoms with Crippen LogP contribution in [0.25, 0.3) is 82.5 Å². The number of fused-ring (bicyclic) bond motifs is 8. The number of hydrogen-bond acceptors (Lipinski definition) is 2. The first-order valence-electron chi connectivity index (χ1n) is 18.8. The molecule has 0 bridgehead atoms. The maximum atomic E-state index is 6.54. The Morgan fingerprint density at radius 1 is 0.382 bits per heavy atom. The highest BCUT2D eigenvalue weighted by Gasteiger charge is 2.19. The molecule has 2 heterocycles. The van der Waals surface area contributed by atoms with Crippen LogP contribution in [0, 0.1) is 0 Å². The third-order valence-electron chi connectivity index (χ3n) is 11.0. The molecule has 3 heteroatoms. The molecule has 0 spiro atoms. The van der Waals surface area contributed by atoms with Gasteiger partial charge in [-0.15, -0.1) is 0 Å². The van der Waals surface area contributed by atoms with Crippen molar-refractivity contribution in [3.63, 3.8) is 0 Å². The maximum Gasteiger partial charge on any atom is 0.143 e. The summed E-state index contributed by atoms with van der Waals surface area (Å²) in [6.45, 7) is 0. The maximum absolute atomic E-state index is 6.54. The second-order valence-electron chi connectivity index (χ2n) is 14.1. The summed E-state index contributed by atoms with van der Waals surface area (Å²) >= 11 is 0. The summed E-state index contributed by atoms with van der Waals surface area (Å²) in [6.07, 6.45) is 0. The molecular weight excluding hydrogens is 669 g/mol. The quantitative estimate of drug-likeness (QED) is 0.172. The molecule has 0 aliphatic heterocycles. The Morgan fingerprint density at radius 3 is 1.91 bits per heavy atom. The van der Waals surface area contributed by atoms with Gasteiger partial charge in [0, 0.05) is 49.7 Å². The van der Waals surface area contributed by atoms with Crippen LogP contribution >= 0.6 is 0 Å². The normalized spacial score (nSPS) is 11.6. The minimum Gasteiger partial charge on any atom is -0.455 e. The molecule has 0 atom stereocenters. The lowest BCUT2D eigenvalue weighted by Crippen LogP contribution is -2.10. The minimum absolute atomic E-state index is 0.898. The van der Waals surface area contributed by atoms with E-state index in [2.05, 4.69) is 216 Å². The van der Waals surface area contributed by atoms with Gasteiger partial charge in [0.1, 0.15) is 11.2 Å². The van der Waals surface area contributed by atoms with Gasteiger partial charge in [0.15, 0.2) is 0 Å². The van der Waals surface area contributed by atoms with Crippen molar-refractivity contribution in [1.29, 1.82) is 0 Å². The second-order valence-corrected chi connectivity index (χ2v) is 14.1. The molecule has 258 valence electrons. The van der Waals surface area contributed by atoms with Crippen LogP contribution in [-0.2, 0) is 0 Å². The number of anilines is 3. The number of rotatable bonds is 6. The van der Waals surface area contributed by atoms with Crippen LogP contribution in [0.1, 0.15) is 0 Å². The Morgan fingerprint density at radius 2 is 1.05 bits per heavy atom. The van der Waals surface area contributed by atoms with Crippen molar-refractivity contribution < 1.29 is 4.42 Å². The average Bonchev–Trinajstić information content (AvgIpc) is 3.81. The van der Waals surface area contributed by atoms with E-state index in [1.54, 1.807) is 0 Å². The van der Waals surface area contributed by atoms with Crippen LogP contribution in [-0.4, -0.2) is 4.57 Å². The third-order valence-corrected chi connectivity index (χ3v) is 11.0. The van der Waals surface area contributed by atoms with E-state index in [4.69, 9.17) is 4.42 Å². The van der Waals surface area contributed by atoms with Crippen LogP contribution < -0.4 is 4.90 Å². The zero-order chi connectivity index (χ0) is 36.3. The first-order chi connectivity index (χ1) is 27.3. The molecule has 0 saturated heterocycles. The SMILES string of the molecule is c1ccc(-c2cccc(N(c3ccc(-c4cccc5oc6c7ccccc7ccc6c45)cc3)c3ccc4c(c3)c3ccccc3n4-c3ccccc3)c2)cc1. The fourth-order valence-corrected chi connectivity index (χ4v) is 8.44. The lowest BCUT2D eigenvalue weighted by Gasteiger charge is -2.26. The lowest BCUT2D eigenvalue weighted by molar-refractivity contribution is 0.673. The van der Waals surface area contributed by atoms with Crippen molar-refractivity contribution in [2.45, 2.75) is 0 Å². The highest BCUT2D eigenvalue weighted by Crippen LogP contribution is 2.43. The second kappa shape index (κ2) is 12.6. The molecule has 3 nitrogen and oxygen atoms in total. The molecular formula is C52H34N2O. The number of aromatic nitrogens is 1. The van der Waals surface area contributed by atoms with E-state index in [-0.39, 0.29) is 0 Å². The van der Waals surface area contributed by atoms with Crippen molar-refractivity contribution in [2.24, 2.45) is 0 Å². The summed E-state index contributed by atoms with van der Waals surface area (Å²) in [5.41, 5.74) is 13.3. The van der Waals surface area contributed by atoms with E-state index in [0.717, 1.165) is 61.2 Å². The van der Waals surface area contributed by atoms with Crippen molar-refractivity contribution in [2.75, 3.05) is 4.90 Å². The van der Waals surface area contributed by atoms with Gasteiger partial charge in [-0.2, -0.15) is 0 Å². The first-order valence-corrected chi connectivity index (χ1v) is 18.8. The highest BCUT2D eigenvalue weighted by atomic mass is 16.3. The molecule has 9 aromatic carbocycles. The number of nitrogens with zero attached hydrogens (tertiary/aromatic N) is 2. The molecule has 11 aromatic rings. The number of para-hydroxylation sites is 2. The monoisotopic (exact) mass is 702 g/mol. The summed E-state index contributed by atoms with van der Waals surface area (Å²) in [6, 6.07) is 73.9. The number of benzene rings is 9. The molecule has 0 radical (unpaired) electrons. The van der Waals surface area contributed by atoms with E-state index in [1.807, 2.05) is 0 Å². The van der Waals surface area contributed by atoms with E-state index in [9.17, 15) is 0 Å². The van der Waals surface area contributed by atoms with Crippen LogP contribution in [0.5, 0.6) is 0 Å². The molecule has 0 amide bonds. The first kappa shape index (κ1) is 31.2. The van der Waals surface area contributed by atoms with E-state index in [1.165, 1.54) is 38.3 Å². The molecule has 0 aliphatic rings. The van der Waals surface area contributed by atoms with Gasteiger partial charge in [-0.05, 0) is 100 Å². The van der Waals surface area contributed by atoms with Gasteiger partial charge < -0.3 is 13.9 Å². The summed E-state index contributed by atoms with van der Waals surface area (Å²) in [5, 5.41) is 7.03. The fourth-order valence-electron chi connectivity index (χ4n) is 8.44. The molecule has 11 rings (SSSR count). The van der Waals surface area contributed by atoms with Crippen LogP contribution in [0.4, 0.5) is 17.1 Å². The van der Waals surface area contributed by atoms with E-state index in [0.29, 0.717) is 0 Å². The Kier molecular flexibility index (Phi) is 7.17. The van der Waals surface area contributed by atoms with Crippen molar-refractivity contribution in [3.05, 3.63) is 206 Å². The fraction of sp³-hybridized carbons (Fsp3) is 0. The number of furan rings is 1. The minimum atomic E-state index is 0.898. The van der Waals surface area contributed by atoms with Gasteiger partial charge in [0.05, 0.1) is 11.0 Å². The molecule has 0 N–H and O–H groups in total. The van der Waals surface area contributed by atoms with Gasteiger partial charge in [-0.3, -0.25) is 0 Å². The smallest absolute Gasteiger partial charge is 0.143 e. The number of hydrogen-bond donors (Lipinski definition) is 0. The Labute approximate surface area is 318 Å². The predicted molar refractivity (Wildman–Crippen MR) is 231 cm³/mol. The molecule has 0 saturated carbocycles. The van der Waals surface area contributed by atoms with Crippen molar-refractivity contribution in [1.82, 2.24) is 4.57 Å². The van der Waals surface area contributed by atoms with Gasteiger partial charge in [0.2, 0.25) is 0 Å². The molecule has 0 fully saturated rings. The summed E-state index contributed by atoms with van der Waals surface area (Å²) in [7, 11) is 0. The standard InChI is InChI=1S/C52H34N2O/c1-3-13-35(14-4-1)38-16-11-19-41(33-38)53(42-30-32-49-47(34-42)45-21-9-10-23-48(45)54(49)39-17-5-2-6-18-39)40-28-25-37(26-29-40)43-22-12-24-50-51(43)46-31-27-36-15-7-8-20-44(36)52(46)55-50/h1-34H. The van der Waals surface area contributed by atoms with E-state index >= 15 is 0 Å². The van der Waals surface area contributed by atoms with Crippen molar-refractivity contribution in [3.8, 4) is 27.9 Å². The zero-order valence-electron chi connectivity index (χ0n) is 29.9. The Balaban J connectivity index is 1.08. The van der Waals surface area contributed by atoms with Gasteiger partial charge >= 0.3 is 0 Å². The third kappa shape index (κ3) is 5.13. The van der Waals surface area contributed by atoms with Crippen molar-refractivity contribution >= 4 is 71.6 Å². The summed E-state index contributed by atoms with van der Waals surface area (Å²) in [4.78, 5) is 2.38. The van der Waals surface area contributed by atoms with E-state index < -0.39 is 0 Å². The molecule has 0 aliphatic carbocycles. The average molecular weight is 703 g/mol. The Hall–Kier alpha value is -7.36. The largest absolute Gasteiger partial charge is 0.455 e. The van der Waals surface area contributed by atoms with Gasteiger partial charge in [0.25, 0.3) is 0 Å². The summed E-state index contributed by atoms with van der Waals surface area (Å²) < 4.78 is 8.91. The topological polar surface area (TPSA) is 21.3 Å². The zero-order valence-corrected chi connectivity index (χ0v) is 29.9. The lowest BCUT2D eigenvalue weighted by atomic mass is 9.98. The summed E-state index contributed by atoms with van der Waals surface area (Å²) in [5.74, 6) is 0. The molecule has 0 unspecified atom stereocenters. The predicted octanol–water partition coefficient (Wildman–Crippen LogP) is 14.6. The Bertz CT molecular complexity index is 3190. The highest BCUT2D eigenvalue weighted by molar-refractivity contribution is 6.19. The van der Waals surface area contributed by atoms with Crippen LogP contribution in [0.3, 0.4) is 0 Å².